The molecule has 0 aliphatic rings. The summed E-state index contributed by atoms with van der Waals surface area (Å²) in [5.74, 6) is 0. The monoisotopic (exact) mass is 338 g/mol. The molecule has 0 amide bonds. The van der Waals surface area contributed by atoms with E-state index in [-0.39, 0.29) is 0 Å². The van der Waals surface area contributed by atoms with E-state index in [0.717, 1.165) is 18.8 Å². The lowest BCUT2D eigenvalue weighted by atomic mass is 10.2. The Morgan fingerprint density at radius 2 is 1.65 bits per heavy atom. The molecule has 2 rings (SSSR count). The summed E-state index contributed by atoms with van der Waals surface area (Å²) in [7, 11) is 0. The molecule has 0 unspecified atom stereocenters. The highest BCUT2D eigenvalue weighted by Crippen LogP contribution is 2.13. The second-order valence-electron chi connectivity index (χ2n) is 3.98. The van der Waals surface area contributed by atoms with Crippen molar-refractivity contribution in [1.82, 2.24) is 5.32 Å². The van der Waals surface area contributed by atoms with Crippen LogP contribution < -0.4 is 11.1 Å². The molecule has 0 saturated carbocycles. The van der Waals surface area contributed by atoms with E-state index >= 15 is 0 Å². The van der Waals surface area contributed by atoms with Crippen LogP contribution in [0, 0.1) is 3.57 Å². The molecule has 0 aromatic heterocycles. The Morgan fingerprint density at radius 3 is 2.35 bits per heavy atom. The molecular formula is C14H15IN2. The molecule has 88 valence electrons. The van der Waals surface area contributed by atoms with Gasteiger partial charge in [-0.05, 0) is 51.9 Å². The van der Waals surface area contributed by atoms with E-state index in [0.29, 0.717) is 0 Å². The molecule has 0 spiro atoms. The first kappa shape index (κ1) is 12.4. The molecule has 2 aromatic rings. The maximum Gasteiger partial charge on any atom is 0.0327 e. The molecule has 2 nitrogen and oxygen atoms in total. The predicted octanol–water partition coefficient (Wildman–Crippen LogP) is 3.16. The first-order chi connectivity index (χ1) is 8.24. The van der Waals surface area contributed by atoms with Gasteiger partial charge in [-0.25, -0.2) is 0 Å². The molecule has 3 heteroatoms. The maximum absolute atomic E-state index is 5.81. The summed E-state index contributed by atoms with van der Waals surface area (Å²) in [5.41, 5.74) is 9.16. The zero-order chi connectivity index (χ0) is 12.1. The number of nitrogens with one attached hydrogen (secondary N) is 1. The van der Waals surface area contributed by atoms with Gasteiger partial charge in [-0.3, -0.25) is 0 Å². The molecular weight excluding hydrogens is 323 g/mol. The quantitative estimate of drug-likeness (QED) is 0.664. The lowest BCUT2D eigenvalue weighted by Gasteiger charge is -2.06. The summed E-state index contributed by atoms with van der Waals surface area (Å²) in [6.07, 6.45) is 0. The van der Waals surface area contributed by atoms with Crippen molar-refractivity contribution >= 4 is 28.3 Å². The van der Waals surface area contributed by atoms with Gasteiger partial charge in [0.15, 0.2) is 0 Å². The van der Waals surface area contributed by atoms with E-state index in [9.17, 15) is 0 Å². The number of hydrogen-bond acceptors (Lipinski definition) is 2. The fourth-order valence-electron chi connectivity index (χ4n) is 1.72. The molecule has 0 aliphatic carbocycles. The number of anilines is 1. The first-order valence-corrected chi connectivity index (χ1v) is 6.61. The summed E-state index contributed by atoms with van der Waals surface area (Å²) in [4.78, 5) is 0. The Bertz CT molecular complexity index is 463. The smallest absolute Gasteiger partial charge is 0.0327 e. The number of nitrogens with two attached hydrogens (primary N) is 1. The standard InChI is InChI=1S/C14H15IN2/c15-13-6-12(7-14(16)8-13)10-17-9-11-4-2-1-3-5-11/h1-8,17H,9-10,16H2. The van der Waals surface area contributed by atoms with Gasteiger partial charge in [-0.2, -0.15) is 0 Å². The fourth-order valence-corrected chi connectivity index (χ4v) is 2.48. The molecule has 0 fully saturated rings. The summed E-state index contributed by atoms with van der Waals surface area (Å²) in [6, 6.07) is 16.5. The Morgan fingerprint density at radius 1 is 0.941 bits per heavy atom. The average molecular weight is 338 g/mol. The van der Waals surface area contributed by atoms with Crippen LogP contribution in [-0.4, -0.2) is 0 Å². The van der Waals surface area contributed by atoms with E-state index in [2.05, 4.69) is 58.2 Å². The first-order valence-electron chi connectivity index (χ1n) is 5.53. The highest BCUT2D eigenvalue weighted by atomic mass is 127. The summed E-state index contributed by atoms with van der Waals surface area (Å²) >= 11 is 2.29. The lowest BCUT2D eigenvalue weighted by molar-refractivity contribution is 0.693. The lowest BCUT2D eigenvalue weighted by Crippen LogP contribution is -2.12. The van der Waals surface area contributed by atoms with Gasteiger partial charge in [0, 0.05) is 22.3 Å². The topological polar surface area (TPSA) is 38.0 Å². The van der Waals surface area contributed by atoms with Crippen molar-refractivity contribution in [2.45, 2.75) is 13.1 Å². The van der Waals surface area contributed by atoms with Crippen LogP contribution in [0.1, 0.15) is 11.1 Å². The van der Waals surface area contributed by atoms with Crippen LogP contribution in [0.25, 0.3) is 0 Å². The minimum absolute atomic E-state index is 0.827. The van der Waals surface area contributed by atoms with Gasteiger partial charge in [0.25, 0.3) is 0 Å². The predicted molar refractivity (Wildman–Crippen MR) is 80.6 cm³/mol. The minimum Gasteiger partial charge on any atom is -0.399 e. The Labute approximate surface area is 115 Å². The minimum atomic E-state index is 0.827. The van der Waals surface area contributed by atoms with Crippen LogP contribution >= 0.6 is 22.6 Å². The Kier molecular flexibility index (Phi) is 4.39. The number of benzene rings is 2. The molecule has 3 N–H and O–H groups in total. The van der Waals surface area contributed by atoms with Crippen LogP contribution in [-0.2, 0) is 13.1 Å². The molecule has 17 heavy (non-hydrogen) atoms. The van der Waals surface area contributed by atoms with Crippen LogP contribution in [0.15, 0.2) is 48.5 Å². The van der Waals surface area contributed by atoms with Gasteiger partial charge in [0.1, 0.15) is 0 Å². The van der Waals surface area contributed by atoms with Crippen molar-refractivity contribution in [3.8, 4) is 0 Å². The molecule has 0 aliphatic heterocycles. The molecule has 0 atom stereocenters. The van der Waals surface area contributed by atoms with Gasteiger partial charge in [-0.1, -0.05) is 30.3 Å². The van der Waals surface area contributed by atoms with Gasteiger partial charge >= 0.3 is 0 Å². The van der Waals surface area contributed by atoms with E-state index in [1.54, 1.807) is 0 Å². The zero-order valence-electron chi connectivity index (χ0n) is 9.49. The van der Waals surface area contributed by atoms with Crippen LogP contribution in [0.3, 0.4) is 0 Å². The third kappa shape index (κ3) is 4.02. The van der Waals surface area contributed by atoms with E-state index < -0.39 is 0 Å². The van der Waals surface area contributed by atoms with Gasteiger partial charge in [-0.15, -0.1) is 0 Å². The Hall–Kier alpha value is -1.07. The Balaban J connectivity index is 1.90. The van der Waals surface area contributed by atoms with E-state index in [1.807, 2.05) is 18.2 Å². The number of hydrogen-bond donors (Lipinski definition) is 2. The number of rotatable bonds is 4. The van der Waals surface area contributed by atoms with Gasteiger partial charge in [0.2, 0.25) is 0 Å². The van der Waals surface area contributed by atoms with Crippen molar-refractivity contribution in [3.63, 3.8) is 0 Å². The van der Waals surface area contributed by atoms with Crippen molar-refractivity contribution in [3.05, 3.63) is 63.2 Å². The zero-order valence-corrected chi connectivity index (χ0v) is 11.6. The number of nitrogen functional groups attached to an aromatic ring is 1. The van der Waals surface area contributed by atoms with E-state index in [4.69, 9.17) is 5.73 Å². The number of halogens is 1. The second-order valence-corrected chi connectivity index (χ2v) is 5.23. The molecule has 0 radical (unpaired) electrons. The van der Waals surface area contributed by atoms with Crippen molar-refractivity contribution in [1.29, 1.82) is 0 Å². The van der Waals surface area contributed by atoms with E-state index in [1.165, 1.54) is 14.7 Å². The SMILES string of the molecule is Nc1cc(I)cc(CNCc2ccccc2)c1. The second kappa shape index (κ2) is 6.02. The van der Waals surface area contributed by atoms with Crippen molar-refractivity contribution in [2.24, 2.45) is 0 Å². The largest absolute Gasteiger partial charge is 0.399 e. The average Bonchev–Trinajstić information content (AvgIpc) is 2.29. The van der Waals surface area contributed by atoms with Crippen molar-refractivity contribution < 1.29 is 0 Å². The van der Waals surface area contributed by atoms with Crippen LogP contribution in [0.5, 0.6) is 0 Å². The third-order valence-electron chi connectivity index (χ3n) is 2.48. The van der Waals surface area contributed by atoms with Gasteiger partial charge in [0.05, 0.1) is 0 Å². The summed E-state index contributed by atoms with van der Waals surface area (Å²) in [5, 5.41) is 3.41. The molecule has 0 bridgehead atoms. The highest BCUT2D eigenvalue weighted by Gasteiger charge is 1.97. The summed E-state index contributed by atoms with van der Waals surface area (Å²) in [6.45, 7) is 1.72. The fraction of sp³-hybridized carbons (Fsp3) is 0.143. The van der Waals surface area contributed by atoms with Crippen LogP contribution in [0.4, 0.5) is 5.69 Å². The third-order valence-corrected chi connectivity index (χ3v) is 3.10. The van der Waals surface area contributed by atoms with Crippen LogP contribution in [0.2, 0.25) is 0 Å². The highest BCUT2D eigenvalue weighted by molar-refractivity contribution is 14.1. The summed E-state index contributed by atoms with van der Waals surface area (Å²) < 4.78 is 1.18. The molecule has 0 heterocycles. The maximum atomic E-state index is 5.81. The van der Waals surface area contributed by atoms with Crippen molar-refractivity contribution in [2.75, 3.05) is 5.73 Å². The molecule has 2 aromatic carbocycles. The van der Waals surface area contributed by atoms with Gasteiger partial charge < -0.3 is 11.1 Å². The normalized spacial score (nSPS) is 10.4. The molecule has 0 saturated heterocycles.